The minimum atomic E-state index is -3.60. The van der Waals surface area contributed by atoms with Gasteiger partial charge in [-0.15, -0.1) is 0 Å². The van der Waals surface area contributed by atoms with E-state index in [0.29, 0.717) is 12.2 Å². The average molecular weight is 419 g/mol. The Labute approximate surface area is 173 Å². The van der Waals surface area contributed by atoms with E-state index < -0.39 is 16.1 Å². The standard InChI is InChI=1S/C22H30N2O4S/c1-5-18-8-12-20(13-9-18)24(29(4,26)27)17(2)22(25)23-16-6-7-19-10-14-21(28-3)15-11-19/h8-15,17H,5-7,16H2,1-4H3,(H,23,25). The van der Waals surface area contributed by atoms with E-state index in [1.165, 1.54) is 4.31 Å². The van der Waals surface area contributed by atoms with Crippen LogP contribution in [-0.2, 0) is 27.7 Å². The number of benzene rings is 2. The maximum Gasteiger partial charge on any atom is 0.243 e. The molecule has 0 heterocycles. The number of ether oxygens (including phenoxy) is 1. The van der Waals surface area contributed by atoms with Crippen molar-refractivity contribution in [1.29, 1.82) is 0 Å². The van der Waals surface area contributed by atoms with Gasteiger partial charge in [-0.1, -0.05) is 31.2 Å². The van der Waals surface area contributed by atoms with Crippen molar-refractivity contribution in [2.24, 2.45) is 0 Å². The van der Waals surface area contributed by atoms with Crippen LogP contribution in [0.15, 0.2) is 48.5 Å². The maximum atomic E-state index is 12.6. The molecule has 0 aliphatic rings. The average Bonchev–Trinajstić information content (AvgIpc) is 2.71. The molecule has 0 aromatic heterocycles. The number of amides is 1. The fourth-order valence-corrected chi connectivity index (χ4v) is 4.31. The van der Waals surface area contributed by atoms with Crippen molar-refractivity contribution in [3.05, 3.63) is 59.7 Å². The molecule has 0 saturated heterocycles. The molecule has 0 aliphatic heterocycles. The lowest BCUT2D eigenvalue weighted by Crippen LogP contribution is -2.48. The number of anilines is 1. The Morgan fingerprint density at radius 2 is 1.66 bits per heavy atom. The van der Waals surface area contributed by atoms with Gasteiger partial charge in [0.25, 0.3) is 0 Å². The fourth-order valence-electron chi connectivity index (χ4n) is 3.13. The quantitative estimate of drug-likeness (QED) is 0.602. The Morgan fingerprint density at radius 1 is 1.07 bits per heavy atom. The van der Waals surface area contributed by atoms with Crippen molar-refractivity contribution in [2.75, 3.05) is 24.2 Å². The third kappa shape index (κ3) is 6.49. The van der Waals surface area contributed by atoms with E-state index in [9.17, 15) is 13.2 Å². The molecule has 0 bridgehead atoms. The van der Waals surface area contributed by atoms with Gasteiger partial charge in [0.05, 0.1) is 19.1 Å². The molecule has 6 nitrogen and oxygen atoms in total. The van der Waals surface area contributed by atoms with Crippen molar-refractivity contribution in [1.82, 2.24) is 5.32 Å². The van der Waals surface area contributed by atoms with Crippen LogP contribution in [0.25, 0.3) is 0 Å². The summed E-state index contributed by atoms with van der Waals surface area (Å²) in [5.74, 6) is 0.494. The van der Waals surface area contributed by atoms with Gasteiger partial charge in [0.15, 0.2) is 0 Å². The van der Waals surface area contributed by atoms with Crippen molar-refractivity contribution >= 4 is 21.6 Å². The molecule has 0 aliphatic carbocycles. The number of methoxy groups -OCH3 is 1. The third-order valence-electron chi connectivity index (χ3n) is 4.79. The van der Waals surface area contributed by atoms with Gasteiger partial charge in [-0.2, -0.15) is 0 Å². The molecule has 2 aromatic carbocycles. The zero-order valence-corrected chi connectivity index (χ0v) is 18.3. The lowest BCUT2D eigenvalue weighted by Gasteiger charge is -2.28. The molecule has 0 radical (unpaired) electrons. The molecule has 29 heavy (non-hydrogen) atoms. The van der Waals surface area contributed by atoms with Gasteiger partial charge >= 0.3 is 0 Å². The summed E-state index contributed by atoms with van der Waals surface area (Å²) in [5, 5.41) is 2.85. The van der Waals surface area contributed by atoms with Crippen LogP contribution in [0, 0.1) is 0 Å². The normalized spacial score (nSPS) is 12.3. The molecule has 2 aromatic rings. The van der Waals surface area contributed by atoms with Crippen LogP contribution in [0.5, 0.6) is 5.75 Å². The molecule has 1 amide bonds. The van der Waals surface area contributed by atoms with Gasteiger partial charge in [-0.05, 0) is 61.6 Å². The van der Waals surface area contributed by atoms with Gasteiger partial charge in [-0.3, -0.25) is 9.10 Å². The molecule has 0 spiro atoms. The van der Waals surface area contributed by atoms with Crippen LogP contribution in [0.1, 0.15) is 31.4 Å². The summed E-state index contributed by atoms with van der Waals surface area (Å²) in [6.45, 7) is 4.11. The number of hydrogen-bond acceptors (Lipinski definition) is 4. The first-order chi connectivity index (χ1) is 13.8. The van der Waals surface area contributed by atoms with E-state index in [0.717, 1.165) is 42.4 Å². The van der Waals surface area contributed by atoms with Crippen molar-refractivity contribution in [2.45, 2.75) is 39.2 Å². The highest BCUT2D eigenvalue weighted by atomic mass is 32.2. The second-order valence-electron chi connectivity index (χ2n) is 7.00. The first-order valence-electron chi connectivity index (χ1n) is 9.75. The third-order valence-corrected chi connectivity index (χ3v) is 6.03. The summed E-state index contributed by atoms with van der Waals surface area (Å²) < 4.78 is 31.0. The van der Waals surface area contributed by atoms with Crippen molar-refractivity contribution in [3.63, 3.8) is 0 Å². The first kappa shape index (κ1) is 22.7. The van der Waals surface area contributed by atoms with E-state index >= 15 is 0 Å². The predicted molar refractivity (Wildman–Crippen MR) is 117 cm³/mol. The van der Waals surface area contributed by atoms with E-state index in [4.69, 9.17) is 4.74 Å². The number of nitrogens with one attached hydrogen (secondary N) is 1. The molecule has 158 valence electrons. The molecule has 1 N–H and O–H groups in total. The van der Waals surface area contributed by atoms with Crippen molar-refractivity contribution in [3.8, 4) is 5.75 Å². The fraction of sp³-hybridized carbons (Fsp3) is 0.409. The lowest BCUT2D eigenvalue weighted by atomic mass is 10.1. The first-order valence-corrected chi connectivity index (χ1v) is 11.6. The zero-order valence-electron chi connectivity index (χ0n) is 17.5. The molecular weight excluding hydrogens is 388 g/mol. The van der Waals surface area contributed by atoms with Crippen LogP contribution in [-0.4, -0.2) is 40.3 Å². The Balaban J connectivity index is 1.95. The Bertz CT molecular complexity index is 893. The number of aryl methyl sites for hydroxylation is 2. The van der Waals surface area contributed by atoms with E-state index in [1.807, 2.05) is 43.3 Å². The minimum Gasteiger partial charge on any atom is -0.497 e. The minimum absolute atomic E-state index is 0.315. The van der Waals surface area contributed by atoms with Crippen molar-refractivity contribution < 1.29 is 17.9 Å². The van der Waals surface area contributed by atoms with Crippen LogP contribution in [0.3, 0.4) is 0 Å². The highest BCUT2D eigenvalue weighted by Crippen LogP contribution is 2.21. The Kier molecular flexibility index (Phi) is 8.08. The Morgan fingerprint density at radius 3 is 2.17 bits per heavy atom. The van der Waals surface area contributed by atoms with E-state index in [2.05, 4.69) is 5.32 Å². The summed E-state index contributed by atoms with van der Waals surface area (Å²) in [7, 11) is -1.97. The van der Waals surface area contributed by atoms with E-state index in [1.54, 1.807) is 26.2 Å². The predicted octanol–water partition coefficient (Wildman–Crippen LogP) is 3.16. The SMILES string of the molecule is CCc1ccc(N(C(C)C(=O)NCCCc2ccc(OC)cc2)S(C)(=O)=O)cc1. The van der Waals surface area contributed by atoms with E-state index in [-0.39, 0.29) is 5.91 Å². The highest BCUT2D eigenvalue weighted by Gasteiger charge is 2.28. The summed E-state index contributed by atoms with van der Waals surface area (Å²) in [4.78, 5) is 12.6. The lowest BCUT2D eigenvalue weighted by molar-refractivity contribution is -0.121. The highest BCUT2D eigenvalue weighted by molar-refractivity contribution is 7.92. The number of carbonyl (C=O) groups is 1. The number of carbonyl (C=O) groups excluding carboxylic acids is 1. The Hall–Kier alpha value is -2.54. The van der Waals surface area contributed by atoms with Crippen LogP contribution < -0.4 is 14.4 Å². The smallest absolute Gasteiger partial charge is 0.243 e. The molecule has 7 heteroatoms. The molecule has 1 atom stereocenters. The number of nitrogens with zero attached hydrogens (tertiary/aromatic N) is 1. The molecular formula is C22H30N2O4S. The molecule has 2 rings (SSSR count). The topological polar surface area (TPSA) is 75.7 Å². The number of sulfonamides is 1. The zero-order chi connectivity index (χ0) is 21.4. The van der Waals surface area contributed by atoms with Crippen LogP contribution >= 0.6 is 0 Å². The molecule has 1 unspecified atom stereocenters. The largest absolute Gasteiger partial charge is 0.497 e. The summed E-state index contributed by atoms with van der Waals surface area (Å²) in [6.07, 6.45) is 3.55. The van der Waals surface area contributed by atoms with Gasteiger partial charge in [0, 0.05) is 6.54 Å². The van der Waals surface area contributed by atoms with Gasteiger partial charge in [-0.25, -0.2) is 8.42 Å². The number of rotatable bonds is 10. The van der Waals surface area contributed by atoms with Gasteiger partial charge < -0.3 is 10.1 Å². The second-order valence-corrected chi connectivity index (χ2v) is 8.86. The number of hydrogen-bond donors (Lipinski definition) is 1. The second kappa shape index (κ2) is 10.3. The van der Waals surface area contributed by atoms with Crippen LogP contribution in [0.2, 0.25) is 0 Å². The summed E-state index contributed by atoms with van der Waals surface area (Å²) >= 11 is 0. The molecule has 0 saturated carbocycles. The van der Waals surface area contributed by atoms with Crippen LogP contribution in [0.4, 0.5) is 5.69 Å². The summed E-state index contributed by atoms with van der Waals surface area (Å²) in [6, 6.07) is 14.2. The van der Waals surface area contributed by atoms with Gasteiger partial charge in [0.2, 0.25) is 15.9 Å². The van der Waals surface area contributed by atoms with Gasteiger partial charge in [0.1, 0.15) is 11.8 Å². The maximum absolute atomic E-state index is 12.6. The monoisotopic (exact) mass is 418 g/mol. The summed E-state index contributed by atoms with van der Waals surface area (Å²) in [5.41, 5.74) is 2.75. The molecule has 0 fully saturated rings.